The van der Waals surface area contributed by atoms with E-state index in [0.717, 1.165) is 12.8 Å². The van der Waals surface area contributed by atoms with E-state index in [1.54, 1.807) is 44.6 Å². The van der Waals surface area contributed by atoms with Crippen LogP contribution in [-0.4, -0.2) is 58.3 Å². The molecule has 4 heterocycles. The lowest BCUT2D eigenvalue weighted by Crippen LogP contribution is -2.36. The number of ketones is 1. The number of H-pyrrole nitrogens is 1. The third-order valence-electron chi connectivity index (χ3n) is 6.44. The topological polar surface area (TPSA) is 119 Å². The molecule has 1 saturated heterocycles. The van der Waals surface area contributed by atoms with Gasteiger partial charge in [-0.1, -0.05) is 12.1 Å². The Morgan fingerprint density at radius 1 is 1.22 bits per heavy atom. The Labute approximate surface area is 212 Å². The van der Waals surface area contributed by atoms with Gasteiger partial charge in [0.15, 0.2) is 23.1 Å². The van der Waals surface area contributed by atoms with Gasteiger partial charge in [0.1, 0.15) is 5.65 Å². The number of carbonyl (C=O) groups is 1. The number of aryl methyl sites for hydroxylation is 1. The van der Waals surface area contributed by atoms with Gasteiger partial charge in [0.2, 0.25) is 5.88 Å². The van der Waals surface area contributed by atoms with Gasteiger partial charge in [-0.05, 0) is 37.5 Å². The van der Waals surface area contributed by atoms with Crippen molar-refractivity contribution in [2.45, 2.75) is 31.9 Å². The average Bonchev–Trinajstić information content (AvgIpc) is 3.35. The first-order valence-corrected chi connectivity index (χ1v) is 11.9. The van der Waals surface area contributed by atoms with Crippen molar-refractivity contribution in [3.63, 3.8) is 0 Å². The van der Waals surface area contributed by atoms with Gasteiger partial charge in [-0.3, -0.25) is 4.79 Å². The molecular formula is C27H27FN4O5. The summed E-state index contributed by atoms with van der Waals surface area (Å²) in [4.78, 5) is 25.4. The first-order valence-electron chi connectivity index (χ1n) is 11.9. The smallest absolute Gasteiger partial charge is 0.219 e. The first-order chi connectivity index (χ1) is 18.0. The number of aromatic amines is 1. The Kier molecular flexibility index (Phi) is 7.02. The fourth-order valence-corrected chi connectivity index (χ4v) is 4.43. The molecule has 5 rings (SSSR count). The fourth-order valence-electron chi connectivity index (χ4n) is 4.43. The van der Waals surface area contributed by atoms with E-state index in [-0.39, 0.29) is 36.2 Å². The number of carbonyl (C=O) groups excluding carboxylic acids is 1. The number of hydrogen-bond donors (Lipinski definition) is 3. The number of hydrogen-bond acceptors (Lipinski definition) is 8. The van der Waals surface area contributed by atoms with E-state index in [0.29, 0.717) is 45.8 Å². The average molecular weight is 507 g/mol. The summed E-state index contributed by atoms with van der Waals surface area (Å²) < 4.78 is 30.8. The molecule has 1 aliphatic heterocycles. The third kappa shape index (κ3) is 4.98. The zero-order valence-corrected chi connectivity index (χ0v) is 20.5. The zero-order valence-electron chi connectivity index (χ0n) is 20.5. The van der Waals surface area contributed by atoms with E-state index >= 15 is 0 Å². The Bertz CT molecular complexity index is 1430. The number of ether oxygens (including phenoxy) is 3. The minimum Gasteiger partial charge on any atom is -0.493 e. The van der Waals surface area contributed by atoms with Crippen molar-refractivity contribution in [1.29, 1.82) is 0 Å². The van der Waals surface area contributed by atoms with Crippen LogP contribution in [0.25, 0.3) is 11.0 Å². The predicted molar refractivity (Wildman–Crippen MR) is 135 cm³/mol. The van der Waals surface area contributed by atoms with E-state index in [9.17, 15) is 14.3 Å². The number of para-hydroxylation sites is 1. The van der Waals surface area contributed by atoms with Gasteiger partial charge in [0.05, 0.1) is 49.3 Å². The zero-order chi connectivity index (χ0) is 25.9. The van der Waals surface area contributed by atoms with Crippen molar-refractivity contribution in [1.82, 2.24) is 15.0 Å². The lowest BCUT2D eigenvalue weighted by molar-refractivity contribution is -0.0223. The van der Waals surface area contributed by atoms with Crippen LogP contribution in [-0.2, 0) is 4.74 Å². The Hall–Kier alpha value is -4.02. The highest BCUT2D eigenvalue weighted by Crippen LogP contribution is 2.36. The molecule has 0 unspecified atom stereocenters. The molecule has 10 heteroatoms. The second-order valence-corrected chi connectivity index (χ2v) is 8.88. The highest BCUT2D eigenvalue weighted by molar-refractivity contribution is 6.19. The minimum absolute atomic E-state index is 0.0104. The number of aliphatic hydroxyl groups is 1. The van der Waals surface area contributed by atoms with Crippen LogP contribution < -0.4 is 14.8 Å². The standard InChI is InChI=1S/C27H27FN4O5/c1-15-9-23(37-21-6-4-3-5-20(21)28)29-10-18(15)26(34)19-11-30-27-24(19)25(22(35-2)12-31-27)32-16-7-8-17(13-33)36-14-16/h3-6,9-12,16-17,33H,7-8,13-14H2,1-2H3,(H2,30,31,32)/t16-,17+/m1/s1. The molecule has 4 aromatic rings. The monoisotopic (exact) mass is 506 g/mol. The van der Waals surface area contributed by atoms with Crippen LogP contribution in [0.1, 0.15) is 34.3 Å². The van der Waals surface area contributed by atoms with Crippen LogP contribution in [0.4, 0.5) is 10.1 Å². The fraction of sp³-hybridized carbons (Fsp3) is 0.296. The summed E-state index contributed by atoms with van der Waals surface area (Å²) in [5, 5.41) is 13.4. The molecule has 37 heavy (non-hydrogen) atoms. The summed E-state index contributed by atoms with van der Waals surface area (Å²) in [6.45, 7) is 2.18. The van der Waals surface area contributed by atoms with Gasteiger partial charge in [0, 0.05) is 30.1 Å². The molecule has 1 aromatic carbocycles. The number of aromatic nitrogens is 3. The highest BCUT2D eigenvalue weighted by atomic mass is 19.1. The van der Waals surface area contributed by atoms with Crippen molar-refractivity contribution >= 4 is 22.5 Å². The number of pyridine rings is 2. The second-order valence-electron chi connectivity index (χ2n) is 8.88. The van der Waals surface area contributed by atoms with Crippen LogP contribution >= 0.6 is 0 Å². The number of halogens is 1. The molecule has 3 aromatic heterocycles. The Balaban J connectivity index is 1.46. The summed E-state index contributed by atoms with van der Waals surface area (Å²) in [6.07, 6.45) is 5.98. The van der Waals surface area contributed by atoms with Gasteiger partial charge in [-0.25, -0.2) is 14.4 Å². The highest BCUT2D eigenvalue weighted by Gasteiger charge is 2.26. The normalized spacial score (nSPS) is 17.5. The van der Waals surface area contributed by atoms with E-state index < -0.39 is 5.82 Å². The number of nitrogens with one attached hydrogen (secondary N) is 2. The number of anilines is 1. The van der Waals surface area contributed by atoms with Crippen molar-refractivity contribution in [2.24, 2.45) is 0 Å². The van der Waals surface area contributed by atoms with Crippen LogP contribution in [0.2, 0.25) is 0 Å². The quantitative estimate of drug-likeness (QED) is 0.301. The predicted octanol–water partition coefficient (Wildman–Crippen LogP) is 4.39. The molecule has 3 N–H and O–H groups in total. The van der Waals surface area contributed by atoms with E-state index in [2.05, 4.69) is 20.3 Å². The van der Waals surface area contributed by atoms with Gasteiger partial charge in [0.25, 0.3) is 0 Å². The SMILES string of the molecule is COc1cnc2[nH]cc(C(=O)c3cnc(Oc4ccccc4F)cc3C)c2c1N[C@@H]1CC[C@@H](CO)OC1. The molecule has 0 amide bonds. The largest absolute Gasteiger partial charge is 0.493 e. The molecule has 0 bridgehead atoms. The van der Waals surface area contributed by atoms with Crippen molar-refractivity contribution in [3.05, 3.63) is 71.4 Å². The summed E-state index contributed by atoms with van der Waals surface area (Å²) in [6, 6.07) is 7.62. The van der Waals surface area contributed by atoms with Gasteiger partial charge in [-0.15, -0.1) is 0 Å². The molecule has 0 saturated carbocycles. The molecular weight excluding hydrogens is 479 g/mol. The Morgan fingerprint density at radius 3 is 2.76 bits per heavy atom. The molecule has 1 fully saturated rings. The van der Waals surface area contributed by atoms with E-state index in [1.807, 2.05) is 0 Å². The maximum absolute atomic E-state index is 14.0. The van der Waals surface area contributed by atoms with Crippen LogP contribution in [0.3, 0.4) is 0 Å². The third-order valence-corrected chi connectivity index (χ3v) is 6.44. The number of fused-ring (bicyclic) bond motifs is 1. The van der Waals surface area contributed by atoms with Crippen molar-refractivity contribution in [2.75, 3.05) is 25.6 Å². The number of aliphatic hydroxyl groups excluding tert-OH is 1. The van der Waals surface area contributed by atoms with Crippen molar-refractivity contribution in [3.8, 4) is 17.4 Å². The van der Waals surface area contributed by atoms with Crippen molar-refractivity contribution < 1.29 is 28.5 Å². The lowest BCUT2D eigenvalue weighted by atomic mass is 9.99. The summed E-state index contributed by atoms with van der Waals surface area (Å²) >= 11 is 0. The second kappa shape index (κ2) is 10.5. The number of methoxy groups -OCH3 is 1. The number of nitrogens with zero attached hydrogens (tertiary/aromatic N) is 2. The molecule has 0 spiro atoms. The Morgan fingerprint density at radius 2 is 2.05 bits per heavy atom. The minimum atomic E-state index is -0.502. The van der Waals surface area contributed by atoms with Gasteiger partial charge >= 0.3 is 0 Å². The van der Waals surface area contributed by atoms with E-state index in [4.69, 9.17) is 14.2 Å². The molecule has 2 atom stereocenters. The molecule has 0 radical (unpaired) electrons. The van der Waals surface area contributed by atoms with Crippen LogP contribution in [0, 0.1) is 12.7 Å². The maximum atomic E-state index is 14.0. The summed E-state index contributed by atoms with van der Waals surface area (Å²) in [5.74, 6) is -0.0307. The molecule has 192 valence electrons. The number of rotatable bonds is 8. The van der Waals surface area contributed by atoms with Crippen LogP contribution in [0.5, 0.6) is 17.4 Å². The number of benzene rings is 1. The first kappa shape index (κ1) is 24.7. The summed E-state index contributed by atoms with van der Waals surface area (Å²) in [7, 11) is 1.55. The van der Waals surface area contributed by atoms with Crippen LogP contribution in [0.15, 0.2) is 48.9 Å². The summed E-state index contributed by atoms with van der Waals surface area (Å²) in [5.41, 5.74) is 2.57. The van der Waals surface area contributed by atoms with E-state index in [1.165, 1.54) is 18.3 Å². The molecule has 0 aliphatic carbocycles. The molecule has 9 nitrogen and oxygen atoms in total. The molecule has 1 aliphatic rings. The van der Waals surface area contributed by atoms with Gasteiger partial charge in [-0.2, -0.15) is 0 Å². The van der Waals surface area contributed by atoms with Gasteiger partial charge < -0.3 is 29.6 Å². The maximum Gasteiger partial charge on any atom is 0.219 e. The lowest BCUT2D eigenvalue weighted by Gasteiger charge is -2.29.